The fraction of sp³-hybridized carbons (Fsp3) is 0.917. The first-order valence-electron chi connectivity index (χ1n) is 24.1. The van der Waals surface area contributed by atoms with Gasteiger partial charge in [-0.25, -0.2) is 4.79 Å². The zero-order valence-corrected chi connectivity index (χ0v) is 39.7. The van der Waals surface area contributed by atoms with Crippen LogP contribution in [0.3, 0.4) is 0 Å². The van der Waals surface area contributed by atoms with E-state index < -0.39 is 121 Å². The maximum atomic E-state index is 14.7. The predicted molar refractivity (Wildman–Crippen MR) is 229 cm³/mol. The van der Waals surface area contributed by atoms with Crippen molar-refractivity contribution in [3.63, 3.8) is 0 Å². The number of methoxy groups -OCH3 is 1. The van der Waals surface area contributed by atoms with Crippen LogP contribution in [0, 0.1) is 50.2 Å². The maximum Gasteiger partial charge on any atom is 0.337 e. The fourth-order valence-electron chi connectivity index (χ4n) is 14.9. The normalized spacial score (nSPS) is 52.0. The van der Waals surface area contributed by atoms with Crippen LogP contribution in [0.5, 0.6) is 0 Å². The van der Waals surface area contributed by atoms with Crippen molar-refractivity contribution in [1.82, 2.24) is 0 Å². The number of carbonyl (C=O) groups is 2. The molecule has 3 aliphatic heterocycles. The van der Waals surface area contributed by atoms with E-state index in [4.69, 9.17) is 33.2 Å². The van der Waals surface area contributed by atoms with Gasteiger partial charge in [-0.1, -0.05) is 60.1 Å². The van der Waals surface area contributed by atoms with Crippen molar-refractivity contribution in [2.24, 2.45) is 50.2 Å². The molecule has 0 radical (unpaired) electrons. The summed E-state index contributed by atoms with van der Waals surface area (Å²) < 4.78 is 40.5. The summed E-state index contributed by atoms with van der Waals surface area (Å²) in [4.78, 5) is 27.6. The molecular weight excluding hydrogens is 865 g/mol. The summed E-state index contributed by atoms with van der Waals surface area (Å²) in [5.41, 5.74) is -0.749. The van der Waals surface area contributed by atoms with Gasteiger partial charge in [0, 0.05) is 0 Å². The third-order valence-corrected chi connectivity index (χ3v) is 19.1. The van der Waals surface area contributed by atoms with Crippen molar-refractivity contribution < 1.29 is 88.7 Å². The second-order valence-electron chi connectivity index (χ2n) is 23.2. The first-order valence-corrected chi connectivity index (χ1v) is 24.1. The van der Waals surface area contributed by atoms with E-state index in [9.17, 15) is 55.5 Å². The first-order chi connectivity index (χ1) is 30.8. The topological polar surface area (TPSA) is 281 Å². The van der Waals surface area contributed by atoms with Crippen molar-refractivity contribution in [3.8, 4) is 0 Å². The second-order valence-corrected chi connectivity index (χ2v) is 23.2. The number of ether oxygens (including phenoxy) is 7. The lowest BCUT2D eigenvalue weighted by atomic mass is 9.33. The van der Waals surface area contributed by atoms with Gasteiger partial charge in [-0.2, -0.15) is 0 Å². The summed E-state index contributed by atoms with van der Waals surface area (Å²) >= 11 is 0. The van der Waals surface area contributed by atoms with E-state index in [-0.39, 0.29) is 46.0 Å². The summed E-state index contributed by atoms with van der Waals surface area (Å²) in [5.74, 6) is -1.16. The number of aliphatic hydroxyl groups excluding tert-OH is 9. The Morgan fingerprint density at radius 3 is 2.08 bits per heavy atom. The van der Waals surface area contributed by atoms with Crippen LogP contribution >= 0.6 is 0 Å². The molecule has 0 amide bonds. The van der Waals surface area contributed by atoms with Crippen LogP contribution in [0.25, 0.3) is 0 Å². The molecule has 9 N–H and O–H groups in total. The number of hydrogen-bond acceptors (Lipinski definition) is 18. The van der Waals surface area contributed by atoms with Gasteiger partial charge < -0.3 is 79.1 Å². The minimum Gasteiger partial charge on any atom is -0.467 e. The molecule has 4 saturated carbocycles. The van der Waals surface area contributed by atoms with Gasteiger partial charge in [-0.15, -0.1) is 0 Å². The van der Waals surface area contributed by atoms with Crippen molar-refractivity contribution in [3.05, 3.63) is 11.6 Å². The van der Waals surface area contributed by atoms with E-state index in [0.717, 1.165) is 52.1 Å². The highest BCUT2D eigenvalue weighted by molar-refractivity contribution is 5.79. The van der Waals surface area contributed by atoms with Crippen molar-refractivity contribution in [1.29, 1.82) is 0 Å². The molecule has 0 aromatic carbocycles. The highest BCUT2D eigenvalue weighted by atomic mass is 16.7. The smallest absolute Gasteiger partial charge is 0.337 e. The second kappa shape index (κ2) is 17.8. The molecule has 0 bridgehead atoms. The molecule has 22 atom stereocenters. The van der Waals surface area contributed by atoms with Gasteiger partial charge in [0.2, 0.25) is 6.29 Å². The van der Waals surface area contributed by atoms with Gasteiger partial charge in [0.05, 0.1) is 31.8 Å². The summed E-state index contributed by atoms with van der Waals surface area (Å²) in [6, 6.07) is 0. The molecule has 0 aromatic rings. The molecule has 0 aromatic heterocycles. The Kier molecular flexibility index (Phi) is 13.6. The molecule has 18 nitrogen and oxygen atoms in total. The maximum absolute atomic E-state index is 14.7. The van der Waals surface area contributed by atoms with E-state index >= 15 is 0 Å². The SMILES string of the molecule is COC(=O)[C@H]1O[C@@H](O[C@H]2CC[C@]3(C)[C@H]4CC=C5[C@H]6CC(C)(C)CC[C@]6(C(=O)O[C@@H]6O[C@H](CO)[C@@H](O)[C@H](O)[C@H]6O)CC[C@@]5(C)[C@]4(C)CC[C@H]3C2(C)C)[C@H](O)[C@@H](O[C@@H]2OC[C@H](O)[C@H](O)[C@H]2O)[C@@H]1O. The zero-order chi connectivity index (χ0) is 48.3. The fourth-order valence-corrected chi connectivity index (χ4v) is 14.9. The van der Waals surface area contributed by atoms with Crippen LogP contribution in [-0.2, 0) is 42.7 Å². The van der Waals surface area contributed by atoms with Gasteiger partial charge in [-0.05, 0) is 109 Å². The number of carbonyl (C=O) groups excluding carboxylic acids is 2. The van der Waals surface area contributed by atoms with E-state index in [1.54, 1.807) is 0 Å². The molecule has 18 heteroatoms. The van der Waals surface area contributed by atoms with E-state index in [2.05, 4.69) is 54.5 Å². The monoisotopic (exact) mass is 941 g/mol. The van der Waals surface area contributed by atoms with Gasteiger partial charge in [0.15, 0.2) is 18.7 Å². The number of hydrogen-bond donors (Lipinski definition) is 9. The summed E-state index contributed by atoms with van der Waals surface area (Å²) in [6.07, 6.45) is -12.7. The van der Waals surface area contributed by atoms with Gasteiger partial charge in [-0.3, -0.25) is 4.79 Å². The van der Waals surface area contributed by atoms with Crippen LogP contribution in [0.1, 0.15) is 113 Å². The van der Waals surface area contributed by atoms with Crippen molar-refractivity contribution >= 4 is 11.9 Å². The van der Waals surface area contributed by atoms with Gasteiger partial charge >= 0.3 is 11.9 Å². The van der Waals surface area contributed by atoms with Crippen LogP contribution in [0.15, 0.2) is 11.6 Å². The number of esters is 2. The Balaban J connectivity index is 1.03. The Morgan fingerprint density at radius 2 is 1.39 bits per heavy atom. The molecule has 8 aliphatic rings. The number of aliphatic hydroxyl groups is 9. The number of allylic oxidation sites excluding steroid dienone is 2. The van der Waals surface area contributed by atoms with Gasteiger partial charge in [0.25, 0.3) is 0 Å². The molecule has 3 saturated heterocycles. The Hall–Kier alpha value is -1.88. The van der Waals surface area contributed by atoms with Gasteiger partial charge in [0.1, 0.15) is 61.0 Å². The standard InChI is InChI=1S/C48H76O18/c1-43(2)15-17-48(42(59)66-40-33(55)31(53)30(52)25(20-49)62-40)18-16-46(6)22(23(48)19-43)9-10-27-45(5)13-12-28(44(3,4)26(45)11-14-47(27,46)7)63-41-35(57)36(34(56)37(65-41)38(58)60-8)64-39-32(54)29(51)24(50)21-61-39/h9,23-37,39-41,49-57H,10-21H2,1-8H3/t23-,24+,25-,26+,27-,28+,29+,30-,31+,32-,33-,34+,35-,36+,37+,39+,40+,41-,45+,46-,47-,48+/m1/s1. The molecule has 0 unspecified atom stereocenters. The Bertz CT molecular complexity index is 1840. The molecule has 66 heavy (non-hydrogen) atoms. The van der Waals surface area contributed by atoms with Crippen molar-refractivity contribution in [2.75, 3.05) is 20.3 Å². The summed E-state index contributed by atoms with van der Waals surface area (Å²) in [6.45, 7) is 15.0. The molecule has 0 spiro atoms. The molecule has 3 heterocycles. The minimum absolute atomic E-state index is 0.0613. The highest BCUT2D eigenvalue weighted by Gasteiger charge is 2.70. The zero-order valence-electron chi connectivity index (χ0n) is 39.7. The minimum atomic E-state index is -1.77. The Labute approximate surface area is 386 Å². The Morgan fingerprint density at radius 1 is 0.712 bits per heavy atom. The summed E-state index contributed by atoms with van der Waals surface area (Å²) in [7, 11) is 1.13. The van der Waals surface area contributed by atoms with Crippen LogP contribution in [0.2, 0.25) is 0 Å². The van der Waals surface area contributed by atoms with Crippen LogP contribution in [0.4, 0.5) is 0 Å². The third kappa shape index (κ3) is 7.83. The van der Waals surface area contributed by atoms with Crippen LogP contribution in [-0.4, -0.2) is 170 Å². The highest BCUT2D eigenvalue weighted by Crippen LogP contribution is 2.76. The predicted octanol–water partition coefficient (Wildman–Crippen LogP) is 0.960. The largest absolute Gasteiger partial charge is 0.467 e. The van der Waals surface area contributed by atoms with E-state index in [1.165, 1.54) is 5.57 Å². The number of rotatable bonds is 8. The number of fused-ring (bicyclic) bond motifs is 7. The van der Waals surface area contributed by atoms with E-state index in [1.807, 2.05) is 0 Å². The molecule has 376 valence electrons. The molecule has 8 rings (SSSR count). The van der Waals surface area contributed by atoms with Crippen molar-refractivity contribution in [2.45, 2.75) is 205 Å². The lowest BCUT2D eigenvalue weighted by molar-refractivity contribution is -0.357. The average Bonchev–Trinajstić information content (AvgIpc) is 3.26. The van der Waals surface area contributed by atoms with Crippen LogP contribution < -0.4 is 0 Å². The lowest BCUT2D eigenvalue weighted by Crippen LogP contribution is -2.67. The quantitative estimate of drug-likeness (QED) is 0.0931. The third-order valence-electron chi connectivity index (χ3n) is 19.1. The average molecular weight is 941 g/mol. The summed E-state index contributed by atoms with van der Waals surface area (Å²) in [5, 5.41) is 95.4. The van der Waals surface area contributed by atoms with E-state index in [0.29, 0.717) is 19.3 Å². The molecule has 7 fully saturated rings. The first kappa shape index (κ1) is 50.5. The molecule has 5 aliphatic carbocycles. The lowest BCUT2D eigenvalue weighted by Gasteiger charge is -2.71. The molecular formula is C48H76O18.